The molecule has 25 heavy (non-hydrogen) atoms. The maximum atomic E-state index is 12.4. The van der Waals surface area contributed by atoms with Crippen LogP contribution >= 0.6 is 34.5 Å². The molecule has 1 amide bonds. The van der Waals surface area contributed by atoms with Gasteiger partial charge in [-0.15, -0.1) is 11.3 Å². The van der Waals surface area contributed by atoms with Crippen LogP contribution in [0.1, 0.15) is 20.7 Å². The lowest BCUT2D eigenvalue weighted by Crippen LogP contribution is -2.14. The monoisotopic (exact) mass is 391 g/mol. The van der Waals surface area contributed by atoms with Gasteiger partial charge in [-0.2, -0.15) is 0 Å². The number of carbonyl (C=O) groups is 2. The molecule has 0 radical (unpaired) electrons. The molecule has 1 aromatic heterocycles. The predicted octanol–water partition coefficient (Wildman–Crippen LogP) is 5.67. The number of halogens is 2. The average Bonchev–Trinajstić information content (AvgIpc) is 2.99. The molecule has 0 aliphatic carbocycles. The van der Waals surface area contributed by atoms with Crippen LogP contribution in [0.4, 0.5) is 5.69 Å². The molecule has 2 N–H and O–H groups in total. The summed E-state index contributed by atoms with van der Waals surface area (Å²) >= 11 is 13.1. The highest BCUT2D eigenvalue weighted by Crippen LogP contribution is 2.37. The van der Waals surface area contributed by atoms with E-state index in [-0.39, 0.29) is 16.8 Å². The van der Waals surface area contributed by atoms with E-state index in [0.717, 1.165) is 0 Å². The van der Waals surface area contributed by atoms with Crippen LogP contribution in [0, 0.1) is 0 Å². The van der Waals surface area contributed by atoms with E-state index in [0.29, 0.717) is 20.5 Å². The number of nitrogens with one attached hydrogen (secondary N) is 1. The van der Waals surface area contributed by atoms with Gasteiger partial charge in [0.1, 0.15) is 5.56 Å². The van der Waals surface area contributed by atoms with Gasteiger partial charge in [0, 0.05) is 10.4 Å². The van der Waals surface area contributed by atoms with Gasteiger partial charge in [-0.1, -0.05) is 47.5 Å². The van der Waals surface area contributed by atoms with Crippen LogP contribution in [0.5, 0.6) is 0 Å². The molecular formula is C18H11Cl2NO3S. The predicted molar refractivity (Wildman–Crippen MR) is 101 cm³/mol. The van der Waals surface area contributed by atoms with E-state index in [1.165, 1.54) is 11.3 Å². The molecule has 0 unspecified atom stereocenters. The maximum absolute atomic E-state index is 12.4. The van der Waals surface area contributed by atoms with Crippen LogP contribution in [-0.2, 0) is 0 Å². The molecule has 0 saturated carbocycles. The minimum Gasteiger partial charge on any atom is -0.478 e. The SMILES string of the molecule is O=C(Nc1csc(-c2ccc(Cl)cc2)c1C(=O)O)c1ccccc1Cl. The summed E-state index contributed by atoms with van der Waals surface area (Å²) in [5.41, 5.74) is 1.25. The Hall–Kier alpha value is -2.34. The molecular weight excluding hydrogens is 381 g/mol. The Morgan fingerprint density at radius 2 is 1.68 bits per heavy atom. The molecule has 7 heteroatoms. The number of anilines is 1. The smallest absolute Gasteiger partial charge is 0.339 e. The summed E-state index contributed by atoms with van der Waals surface area (Å²) in [7, 11) is 0. The first kappa shape index (κ1) is 17.5. The highest BCUT2D eigenvalue weighted by atomic mass is 35.5. The van der Waals surface area contributed by atoms with Crippen molar-refractivity contribution in [2.24, 2.45) is 0 Å². The minimum absolute atomic E-state index is 0.0349. The highest BCUT2D eigenvalue weighted by Gasteiger charge is 2.22. The van der Waals surface area contributed by atoms with Gasteiger partial charge in [0.05, 0.1) is 21.2 Å². The Kier molecular flexibility index (Phi) is 5.08. The van der Waals surface area contributed by atoms with Crippen molar-refractivity contribution in [1.29, 1.82) is 0 Å². The van der Waals surface area contributed by atoms with E-state index < -0.39 is 11.9 Å². The molecule has 3 aromatic rings. The van der Waals surface area contributed by atoms with Gasteiger partial charge in [0.2, 0.25) is 0 Å². The second-order valence-electron chi connectivity index (χ2n) is 5.10. The fourth-order valence-corrected chi connectivity index (χ4v) is 3.66. The summed E-state index contributed by atoms with van der Waals surface area (Å²) in [6, 6.07) is 13.4. The molecule has 0 spiro atoms. The molecule has 2 aromatic carbocycles. The molecule has 0 aliphatic heterocycles. The number of carboxylic acids is 1. The van der Waals surface area contributed by atoms with Crippen LogP contribution in [0.2, 0.25) is 10.0 Å². The third kappa shape index (κ3) is 3.69. The van der Waals surface area contributed by atoms with E-state index in [1.807, 2.05) is 0 Å². The molecule has 0 saturated heterocycles. The van der Waals surface area contributed by atoms with E-state index >= 15 is 0 Å². The number of hydrogen-bond acceptors (Lipinski definition) is 3. The summed E-state index contributed by atoms with van der Waals surface area (Å²) in [5.74, 6) is -1.59. The van der Waals surface area contributed by atoms with Crippen LogP contribution in [0.25, 0.3) is 10.4 Å². The van der Waals surface area contributed by atoms with E-state index in [1.54, 1.807) is 53.9 Å². The fraction of sp³-hybridized carbons (Fsp3) is 0. The molecule has 0 aliphatic rings. The number of amides is 1. The third-order valence-corrected chi connectivity index (χ3v) is 5.09. The van der Waals surface area contributed by atoms with Crippen LogP contribution < -0.4 is 5.32 Å². The molecule has 0 atom stereocenters. The molecule has 4 nitrogen and oxygen atoms in total. The second kappa shape index (κ2) is 7.27. The number of thiophene rings is 1. The van der Waals surface area contributed by atoms with Gasteiger partial charge in [0.15, 0.2) is 0 Å². The number of aromatic carboxylic acids is 1. The molecule has 1 heterocycles. The Labute approximate surface area is 157 Å². The Bertz CT molecular complexity index is 951. The van der Waals surface area contributed by atoms with Gasteiger partial charge in [-0.05, 0) is 29.8 Å². The lowest BCUT2D eigenvalue weighted by atomic mass is 10.1. The third-order valence-electron chi connectivity index (χ3n) is 3.48. The average molecular weight is 392 g/mol. The highest BCUT2D eigenvalue weighted by molar-refractivity contribution is 7.14. The standard InChI is InChI=1S/C18H11Cl2NO3S/c19-11-7-5-10(6-8-11)16-15(18(23)24)14(9-25-16)21-17(22)12-3-1-2-4-13(12)20/h1-9H,(H,21,22)(H,23,24). The lowest BCUT2D eigenvalue weighted by molar-refractivity contribution is 0.0699. The quantitative estimate of drug-likeness (QED) is 0.601. The number of carbonyl (C=O) groups excluding carboxylic acids is 1. The van der Waals surface area contributed by atoms with Gasteiger partial charge < -0.3 is 10.4 Å². The Morgan fingerprint density at radius 1 is 1.00 bits per heavy atom. The summed E-state index contributed by atoms with van der Waals surface area (Å²) in [4.78, 5) is 24.7. The number of carboxylic acid groups (broad SMARTS) is 1. The summed E-state index contributed by atoms with van der Waals surface area (Å²) in [6.07, 6.45) is 0. The van der Waals surface area contributed by atoms with Crippen molar-refractivity contribution in [3.63, 3.8) is 0 Å². The molecule has 3 rings (SSSR count). The molecule has 0 fully saturated rings. The van der Waals surface area contributed by atoms with Crippen molar-refractivity contribution in [2.45, 2.75) is 0 Å². The molecule has 126 valence electrons. The van der Waals surface area contributed by atoms with Crippen molar-refractivity contribution in [2.75, 3.05) is 5.32 Å². The summed E-state index contributed by atoms with van der Waals surface area (Å²) in [5, 5.41) is 14.7. The van der Waals surface area contributed by atoms with Crippen molar-refractivity contribution in [3.8, 4) is 10.4 Å². The largest absolute Gasteiger partial charge is 0.478 e. The zero-order valence-electron chi connectivity index (χ0n) is 12.6. The van der Waals surface area contributed by atoms with Crippen molar-refractivity contribution in [1.82, 2.24) is 0 Å². The Balaban J connectivity index is 1.98. The van der Waals surface area contributed by atoms with Gasteiger partial charge in [0.25, 0.3) is 5.91 Å². The number of hydrogen-bond donors (Lipinski definition) is 2. The minimum atomic E-state index is -1.12. The van der Waals surface area contributed by atoms with Crippen LogP contribution in [0.3, 0.4) is 0 Å². The van der Waals surface area contributed by atoms with Gasteiger partial charge in [-0.3, -0.25) is 4.79 Å². The fourth-order valence-electron chi connectivity index (χ4n) is 2.31. The Morgan fingerprint density at radius 3 is 2.32 bits per heavy atom. The number of benzene rings is 2. The number of rotatable bonds is 4. The van der Waals surface area contributed by atoms with Crippen molar-refractivity contribution in [3.05, 3.63) is 75.1 Å². The summed E-state index contributed by atoms with van der Waals surface area (Å²) < 4.78 is 0. The zero-order valence-corrected chi connectivity index (χ0v) is 15.0. The van der Waals surface area contributed by atoms with E-state index in [2.05, 4.69) is 5.32 Å². The van der Waals surface area contributed by atoms with Crippen molar-refractivity contribution >= 4 is 52.1 Å². The normalized spacial score (nSPS) is 10.5. The zero-order chi connectivity index (χ0) is 18.0. The van der Waals surface area contributed by atoms with Crippen molar-refractivity contribution < 1.29 is 14.7 Å². The summed E-state index contributed by atoms with van der Waals surface area (Å²) in [6.45, 7) is 0. The van der Waals surface area contributed by atoms with Crippen LogP contribution in [-0.4, -0.2) is 17.0 Å². The first-order valence-electron chi connectivity index (χ1n) is 7.14. The van der Waals surface area contributed by atoms with Gasteiger partial charge in [-0.25, -0.2) is 4.79 Å². The maximum Gasteiger partial charge on any atom is 0.339 e. The first-order valence-corrected chi connectivity index (χ1v) is 8.77. The first-order chi connectivity index (χ1) is 12.0. The topological polar surface area (TPSA) is 66.4 Å². The second-order valence-corrected chi connectivity index (χ2v) is 6.82. The lowest BCUT2D eigenvalue weighted by Gasteiger charge is -2.07. The van der Waals surface area contributed by atoms with E-state index in [9.17, 15) is 14.7 Å². The van der Waals surface area contributed by atoms with Gasteiger partial charge >= 0.3 is 5.97 Å². The van der Waals surface area contributed by atoms with Crippen LogP contribution in [0.15, 0.2) is 53.9 Å². The van der Waals surface area contributed by atoms with E-state index in [4.69, 9.17) is 23.2 Å². The molecule has 0 bridgehead atoms.